The van der Waals surface area contributed by atoms with Crippen LogP contribution in [0.15, 0.2) is 53.3 Å². The minimum atomic E-state index is -0.289. The Morgan fingerprint density at radius 2 is 1.55 bits per heavy atom. The lowest BCUT2D eigenvalue weighted by Crippen LogP contribution is -2.14. The van der Waals surface area contributed by atoms with Gasteiger partial charge in [-0.2, -0.15) is 0 Å². The van der Waals surface area contributed by atoms with Crippen molar-refractivity contribution in [2.45, 2.75) is 46.1 Å². The van der Waals surface area contributed by atoms with Gasteiger partial charge in [-0.25, -0.2) is 0 Å². The van der Waals surface area contributed by atoms with Gasteiger partial charge in [-0.15, -0.1) is 0 Å². The number of unbranched alkanes of at least 4 members (excludes halogenated alkanes) is 2. The number of benzene rings is 2. The summed E-state index contributed by atoms with van der Waals surface area (Å²) in [6.07, 6.45) is 3.93. The molecule has 1 aromatic heterocycles. The highest BCUT2D eigenvalue weighted by atomic mass is 16.5. The molecule has 2 aromatic carbocycles. The third-order valence-electron chi connectivity index (χ3n) is 4.63. The van der Waals surface area contributed by atoms with Crippen molar-refractivity contribution in [3.63, 3.8) is 0 Å². The smallest absolute Gasteiger partial charge is 0.294 e. The maximum atomic E-state index is 12.7. The fraction of sp³-hybridized carbons (Fsp3) is 0.375. The van der Waals surface area contributed by atoms with Gasteiger partial charge in [-0.3, -0.25) is 4.79 Å². The van der Waals surface area contributed by atoms with Crippen LogP contribution in [0, 0.1) is 0 Å². The molecule has 1 heterocycles. The van der Waals surface area contributed by atoms with Crippen LogP contribution in [0.25, 0.3) is 10.9 Å². The Morgan fingerprint density at radius 1 is 0.828 bits per heavy atom. The quantitative estimate of drug-likeness (QED) is 0.438. The number of aromatic nitrogens is 1. The highest BCUT2D eigenvalue weighted by Gasteiger charge is 2.17. The lowest BCUT2D eigenvalue weighted by molar-refractivity contribution is 0.258. The van der Waals surface area contributed by atoms with E-state index in [1.165, 1.54) is 0 Å². The molecule has 0 aliphatic heterocycles. The van der Waals surface area contributed by atoms with Crippen LogP contribution in [-0.2, 0) is 6.61 Å². The van der Waals surface area contributed by atoms with Crippen LogP contribution in [0.5, 0.6) is 17.2 Å². The van der Waals surface area contributed by atoms with Crippen LogP contribution in [0.3, 0.4) is 0 Å². The first-order chi connectivity index (χ1) is 14.2. The molecule has 0 unspecified atom stereocenters. The number of H-pyrrole nitrogens is 1. The molecule has 0 spiro atoms. The standard InChI is InChI=1S/C24H29NO4/c1-3-5-14-27-19-12-13-20-21(16-19)25-24(26)23(28-15-6-4-2)22(20)29-17-18-10-8-7-9-11-18/h7-13,16H,3-6,14-15,17H2,1-2H3,(H,25,26). The number of hydrogen-bond donors (Lipinski definition) is 1. The SMILES string of the molecule is CCCCOc1ccc2c(OCc3ccccc3)c(OCCCC)c(=O)[nH]c2c1. The van der Waals surface area contributed by atoms with Crippen molar-refractivity contribution < 1.29 is 14.2 Å². The topological polar surface area (TPSA) is 60.6 Å². The molecule has 0 atom stereocenters. The molecule has 0 saturated heterocycles. The van der Waals surface area contributed by atoms with E-state index in [0.29, 0.717) is 31.1 Å². The summed E-state index contributed by atoms with van der Waals surface area (Å²) in [5.41, 5.74) is 1.41. The second-order valence-electron chi connectivity index (χ2n) is 7.00. The van der Waals surface area contributed by atoms with E-state index in [0.717, 1.165) is 42.4 Å². The second kappa shape index (κ2) is 10.6. The predicted octanol–water partition coefficient (Wildman–Crippen LogP) is 5.46. The summed E-state index contributed by atoms with van der Waals surface area (Å²) in [4.78, 5) is 15.6. The van der Waals surface area contributed by atoms with E-state index in [2.05, 4.69) is 18.8 Å². The molecule has 5 nitrogen and oxygen atoms in total. The van der Waals surface area contributed by atoms with Crippen LogP contribution < -0.4 is 19.8 Å². The molecule has 0 aliphatic rings. The van der Waals surface area contributed by atoms with Gasteiger partial charge in [0.2, 0.25) is 5.75 Å². The molecule has 3 rings (SSSR count). The van der Waals surface area contributed by atoms with E-state index in [1.807, 2.05) is 48.5 Å². The maximum Gasteiger partial charge on any atom is 0.294 e. The normalized spacial score (nSPS) is 10.8. The van der Waals surface area contributed by atoms with E-state index in [1.54, 1.807) is 0 Å². The first-order valence-corrected chi connectivity index (χ1v) is 10.3. The van der Waals surface area contributed by atoms with E-state index in [4.69, 9.17) is 14.2 Å². The summed E-state index contributed by atoms with van der Waals surface area (Å²) in [5, 5.41) is 0.801. The Bertz CT molecular complexity index is 966. The molecule has 1 N–H and O–H groups in total. The molecule has 0 fully saturated rings. The lowest BCUT2D eigenvalue weighted by Gasteiger charge is -2.15. The average Bonchev–Trinajstić information content (AvgIpc) is 2.74. The zero-order valence-electron chi connectivity index (χ0n) is 17.2. The van der Waals surface area contributed by atoms with E-state index < -0.39 is 0 Å². The number of hydrogen-bond acceptors (Lipinski definition) is 4. The fourth-order valence-electron chi connectivity index (χ4n) is 2.98. The number of rotatable bonds is 11. The van der Waals surface area contributed by atoms with Gasteiger partial charge in [0.1, 0.15) is 12.4 Å². The van der Waals surface area contributed by atoms with Crippen LogP contribution in [-0.4, -0.2) is 18.2 Å². The Balaban J connectivity index is 1.94. The molecular formula is C24H29NO4. The largest absolute Gasteiger partial charge is 0.494 e. The van der Waals surface area contributed by atoms with E-state index in [9.17, 15) is 4.79 Å². The highest BCUT2D eigenvalue weighted by molar-refractivity contribution is 5.88. The minimum Gasteiger partial charge on any atom is -0.494 e. The number of pyridine rings is 1. The number of fused-ring (bicyclic) bond motifs is 1. The van der Waals surface area contributed by atoms with Gasteiger partial charge < -0.3 is 19.2 Å². The van der Waals surface area contributed by atoms with Gasteiger partial charge in [0, 0.05) is 11.5 Å². The third-order valence-corrected chi connectivity index (χ3v) is 4.63. The van der Waals surface area contributed by atoms with Gasteiger partial charge >= 0.3 is 0 Å². The van der Waals surface area contributed by atoms with Crippen LogP contribution in [0.4, 0.5) is 0 Å². The first-order valence-electron chi connectivity index (χ1n) is 10.3. The molecule has 5 heteroatoms. The van der Waals surface area contributed by atoms with Crippen molar-refractivity contribution in [2.24, 2.45) is 0 Å². The molecule has 0 saturated carbocycles. The third kappa shape index (κ3) is 5.53. The predicted molar refractivity (Wildman–Crippen MR) is 116 cm³/mol. The molecule has 154 valence electrons. The molecule has 0 bridgehead atoms. The zero-order valence-corrected chi connectivity index (χ0v) is 17.2. The summed E-state index contributed by atoms with van der Waals surface area (Å²) in [6.45, 7) is 5.70. The van der Waals surface area contributed by atoms with Gasteiger partial charge in [0.05, 0.1) is 18.7 Å². The van der Waals surface area contributed by atoms with Gasteiger partial charge in [0.15, 0.2) is 5.75 Å². The molecular weight excluding hydrogens is 366 g/mol. The highest BCUT2D eigenvalue weighted by Crippen LogP contribution is 2.34. The van der Waals surface area contributed by atoms with Crippen LogP contribution >= 0.6 is 0 Å². The van der Waals surface area contributed by atoms with Gasteiger partial charge in [-0.05, 0) is 30.5 Å². The Kier molecular flexibility index (Phi) is 7.56. The first kappa shape index (κ1) is 20.8. The van der Waals surface area contributed by atoms with E-state index in [-0.39, 0.29) is 11.3 Å². The maximum absolute atomic E-state index is 12.7. The summed E-state index contributed by atoms with van der Waals surface area (Å²) < 4.78 is 17.7. The molecule has 29 heavy (non-hydrogen) atoms. The van der Waals surface area contributed by atoms with Crippen molar-refractivity contribution in [3.05, 3.63) is 64.4 Å². The minimum absolute atomic E-state index is 0.238. The van der Waals surface area contributed by atoms with Crippen molar-refractivity contribution in [1.82, 2.24) is 4.98 Å². The number of aromatic amines is 1. The van der Waals surface area contributed by atoms with Crippen molar-refractivity contribution in [3.8, 4) is 17.2 Å². The number of nitrogens with one attached hydrogen (secondary N) is 1. The van der Waals surface area contributed by atoms with Gasteiger partial charge in [-0.1, -0.05) is 57.0 Å². The summed E-state index contributed by atoms with van der Waals surface area (Å²) in [6, 6.07) is 15.5. The molecule has 0 radical (unpaired) electrons. The molecule has 3 aromatic rings. The second-order valence-corrected chi connectivity index (χ2v) is 7.00. The monoisotopic (exact) mass is 395 g/mol. The summed E-state index contributed by atoms with van der Waals surface area (Å²) >= 11 is 0. The zero-order chi connectivity index (χ0) is 20.5. The van der Waals surface area contributed by atoms with Crippen molar-refractivity contribution in [2.75, 3.05) is 13.2 Å². The summed E-state index contributed by atoms with van der Waals surface area (Å²) in [5.74, 6) is 1.45. The van der Waals surface area contributed by atoms with Crippen LogP contribution in [0.1, 0.15) is 45.1 Å². The van der Waals surface area contributed by atoms with Crippen molar-refractivity contribution >= 4 is 10.9 Å². The van der Waals surface area contributed by atoms with Crippen molar-refractivity contribution in [1.29, 1.82) is 0 Å². The molecule has 0 amide bonds. The summed E-state index contributed by atoms with van der Waals surface area (Å²) in [7, 11) is 0. The molecule has 0 aliphatic carbocycles. The number of ether oxygens (including phenoxy) is 3. The van der Waals surface area contributed by atoms with E-state index >= 15 is 0 Å². The average molecular weight is 395 g/mol. The lowest BCUT2D eigenvalue weighted by atomic mass is 10.1. The Morgan fingerprint density at radius 3 is 2.28 bits per heavy atom. The Hall–Kier alpha value is -2.95. The van der Waals surface area contributed by atoms with Gasteiger partial charge in [0.25, 0.3) is 5.56 Å². The fourth-order valence-corrected chi connectivity index (χ4v) is 2.98. The Labute approximate surface area is 171 Å². The van der Waals surface area contributed by atoms with Crippen LogP contribution in [0.2, 0.25) is 0 Å².